The van der Waals surface area contributed by atoms with Gasteiger partial charge in [0.1, 0.15) is 0 Å². The lowest BCUT2D eigenvalue weighted by molar-refractivity contribution is 0.0622. The Bertz CT molecular complexity index is 634. The number of benzene rings is 2. The molecule has 118 valence electrons. The van der Waals surface area contributed by atoms with Crippen LogP contribution < -0.4 is 0 Å². The molecule has 1 aliphatic rings. The van der Waals surface area contributed by atoms with Crippen molar-refractivity contribution in [3.05, 3.63) is 47.5 Å². The van der Waals surface area contributed by atoms with E-state index in [2.05, 4.69) is 36.4 Å². The van der Waals surface area contributed by atoms with Gasteiger partial charge in [-0.3, -0.25) is 0 Å². The highest BCUT2D eigenvalue weighted by Gasteiger charge is 2.52. The normalized spacial score (nSPS) is 17.3. The number of hydrogen-bond acceptors (Lipinski definition) is 3. The molecule has 0 radical (unpaired) electrons. The average Bonchev–Trinajstić information content (AvgIpc) is 2.90. The molecule has 2 aromatic rings. The Kier molecular flexibility index (Phi) is 4.64. The molecule has 0 saturated heterocycles. The van der Waals surface area contributed by atoms with Crippen molar-refractivity contribution in [3.63, 3.8) is 0 Å². The van der Waals surface area contributed by atoms with Crippen LogP contribution in [0.25, 0.3) is 10.8 Å². The zero-order valence-corrected chi connectivity index (χ0v) is 14.6. The van der Waals surface area contributed by atoms with Gasteiger partial charge >= 0.3 is 8.80 Å². The quantitative estimate of drug-likeness (QED) is 0.721. The summed E-state index contributed by atoms with van der Waals surface area (Å²) in [5.41, 5.74) is 2.91. The van der Waals surface area contributed by atoms with E-state index in [4.69, 9.17) is 13.3 Å². The first kappa shape index (κ1) is 15.7. The van der Waals surface area contributed by atoms with Crippen LogP contribution in [0.2, 0.25) is 0 Å². The lowest BCUT2D eigenvalue weighted by atomic mass is 10.1. The molecule has 0 saturated carbocycles. The monoisotopic (exact) mass is 316 g/mol. The predicted molar refractivity (Wildman–Crippen MR) is 91.0 cm³/mol. The molecule has 1 unspecified atom stereocenters. The van der Waals surface area contributed by atoms with E-state index in [1.807, 2.05) is 20.8 Å². The summed E-state index contributed by atoms with van der Waals surface area (Å²) >= 11 is 0. The summed E-state index contributed by atoms with van der Waals surface area (Å²) in [4.78, 5) is 0. The van der Waals surface area contributed by atoms with Gasteiger partial charge in [0, 0.05) is 19.8 Å². The molecule has 3 rings (SSSR count). The third-order valence-corrected chi connectivity index (χ3v) is 7.73. The molecule has 22 heavy (non-hydrogen) atoms. The Morgan fingerprint density at radius 3 is 2.09 bits per heavy atom. The van der Waals surface area contributed by atoms with Crippen LogP contribution in [0.4, 0.5) is 0 Å². The van der Waals surface area contributed by atoms with Crippen molar-refractivity contribution >= 4 is 19.6 Å². The van der Waals surface area contributed by atoms with E-state index in [9.17, 15) is 0 Å². The smallest absolute Gasteiger partial charge is 0.373 e. The minimum absolute atomic E-state index is 0.202. The molecule has 0 N–H and O–H groups in total. The Hall–Kier alpha value is -1.20. The summed E-state index contributed by atoms with van der Waals surface area (Å²) in [5.74, 6) is 0. The van der Waals surface area contributed by atoms with Gasteiger partial charge in [0.05, 0.1) is 5.54 Å². The Morgan fingerprint density at radius 2 is 1.50 bits per heavy atom. The SMILES string of the molecule is CCO[Si](OCC)(OCC)C1Cc2cccc3cccc1c23. The van der Waals surface area contributed by atoms with Gasteiger partial charge in [0.25, 0.3) is 0 Å². The van der Waals surface area contributed by atoms with E-state index in [1.54, 1.807) is 0 Å². The van der Waals surface area contributed by atoms with Crippen molar-refractivity contribution in [2.75, 3.05) is 19.8 Å². The Balaban J connectivity index is 2.10. The van der Waals surface area contributed by atoms with Crippen molar-refractivity contribution < 1.29 is 13.3 Å². The van der Waals surface area contributed by atoms with Gasteiger partial charge in [-0.1, -0.05) is 36.4 Å². The van der Waals surface area contributed by atoms with E-state index < -0.39 is 8.80 Å². The lowest BCUT2D eigenvalue weighted by Gasteiger charge is -2.33. The zero-order chi connectivity index (χ0) is 15.6. The second-order valence-corrected chi connectivity index (χ2v) is 8.29. The molecule has 0 bridgehead atoms. The van der Waals surface area contributed by atoms with Crippen LogP contribution in [-0.4, -0.2) is 28.6 Å². The number of hydrogen-bond donors (Lipinski definition) is 0. The largest absolute Gasteiger partial charge is 0.509 e. The van der Waals surface area contributed by atoms with Crippen LogP contribution in [0.3, 0.4) is 0 Å². The van der Waals surface area contributed by atoms with Crippen molar-refractivity contribution in [2.24, 2.45) is 0 Å². The summed E-state index contributed by atoms with van der Waals surface area (Å²) in [6, 6.07) is 13.0. The van der Waals surface area contributed by atoms with Gasteiger partial charge in [0.15, 0.2) is 0 Å². The Morgan fingerprint density at radius 1 is 0.909 bits per heavy atom. The first-order valence-electron chi connectivity index (χ1n) is 8.18. The summed E-state index contributed by atoms with van der Waals surface area (Å²) in [6.07, 6.45) is 0.947. The lowest BCUT2D eigenvalue weighted by Crippen LogP contribution is -2.52. The van der Waals surface area contributed by atoms with Gasteiger partial charge in [-0.05, 0) is 49.1 Å². The zero-order valence-electron chi connectivity index (χ0n) is 13.6. The molecule has 0 aliphatic heterocycles. The van der Waals surface area contributed by atoms with Gasteiger partial charge < -0.3 is 13.3 Å². The first-order valence-corrected chi connectivity index (χ1v) is 9.98. The topological polar surface area (TPSA) is 27.7 Å². The molecular formula is C18H24O3Si. The van der Waals surface area contributed by atoms with Crippen LogP contribution in [0, 0.1) is 0 Å². The van der Waals surface area contributed by atoms with Crippen LogP contribution in [0.1, 0.15) is 37.4 Å². The number of rotatable bonds is 7. The molecule has 3 nitrogen and oxygen atoms in total. The highest BCUT2D eigenvalue weighted by molar-refractivity contribution is 6.63. The maximum Gasteiger partial charge on any atom is 0.509 e. The van der Waals surface area contributed by atoms with Crippen LogP contribution in [0.15, 0.2) is 36.4 Å². The van der Waals surface area contributed by atoms with Gasteiger partial charge in [-0.25, -0.2) is 0 Å². The predicted octanol–water partition coefficient (Wildman–Crippen LogP) is 4.07. The fourth-order valence-electron chi connectivity index (χ4n) is 3.59. The Labute approximate surface area is 133 Å². The minimum Gasteiger partial charge on any atom is -0.373 e. The van der Waals surface area contributed by atoms with Gasteiger partial charge in [-0.2, -0.15) is 0 Å². The second-order valence-electron chi connectivity index (χ2n) is 5.52. The molecular weight excluding hydrogens is 292 g/mol. The molecule has 0 spiro atoms. The highest BCUT2D eigenvalue weighted by atomic mass is 28.4. The van der Waals surface area contributed by atoms with Crippen LogP contribution in [-0.2, 0) is 19.7 Å². The molecule has 4 heteroatoms. The molecule has 1 aliphatic carbocycles. The fraction of sp³-hybridized carbons (Fsp3) is 0.444. The van der Waals surface area contributed by atoms with E-state index in [0.717, 1.165) is 6.42 Å². The molecule has 0 fully saturated rings. The van der Waals surface area contributed by atoms with E-state index in [-0.39, 0.29) is 5.54 Å². The van der Waals surface area contributed by atoms with Crippen molar-refractivity contribution in [1.29, 1.82) is 0 Å². The molecule has 0 aromatic heterocycles. The highest BCUT2D eigenvalue weighted by Crippen LogP contribution is 2.43. The summed E-state index contributed by atoms with van der Waals surface area (Å²) < 4.78 is 18.5. The summed E-state index contributed by atoms with van der Waals surface area (Å²) in [7, 11) is -2.74. The van der Waals surface area contributed by atoms with Crippen molar-refractivity contribution in [2.45, 2.75) is 32.7 Å². The summed E-state index contributed by atoms with van der Waals surface area (Å²) in [6.45, 7) is 7.91. The van der Waals surface area contributed by atoms with Gasteiger partial charge in [0.2, 0.25) is 0 Å². The maximum absolute atomic E-state index is 6.15. The fourth-order valence-corrected chi connectivity index (χ4v) is 6.74. The molecule has 1 atom stereocenters. The van der Waals surface area contributed by atoms with E-state index in [1.165, 1.54) is 21.9 Å². The van der Waals surface area contributed by atoms with E-state index in [0.29, 0.717) is 19.8 Å². The average molecular weight is 316 g/mol. The third-order valence-electron chi connectivity index (χ3n) is 4.29. The first-order chi connectivity index (χ1) is 10.8. The molecule has 2 aromatic carbocycles. The van der Waals surface area contributed by atoms with Crippen molar-refractivity contribution in [3.8, 4) is 0 Å². The molecule has 0 amide bonds. The standard InChI is InChI=1S/C18H24O3Si/c1-4-19-22(20-5-2,21-6-3)17-13-15-11-7-9-14-10-8-12-16(17)18(14)15/h7-12,17H,4-6,13H2,1-3H3. The second kappa shape index (κ2) is 6.50. The minimum atomic E-state index is -2.74. The van der Waals surface area contributed by atoms with Crippen LogP contribution in [0.5, 0.6) is 0 Å². The third kappa shape index (κ3) is 2.50. The van der Waals surface area contributed by atoms with Gasteiger partial charge in [-0.15, -0.1) is 0 Å². The van der Waals surface area contributed by atoms with E-state index >= 15 is 0 Å². The summed E-state index contributed by atoms with van der Waals surface area (Å²) in [5, 5.41) is 2.66. The molecule has 0 heterocycles. The maximum atomic E-state index is 6.15. The van der Waals surface area contributed by atoms with Crippen LogP contribution >= 0.6 is 0 Å². The van der Waals surface area contributed by atoms with Crippen molar-refractivity contribution in [1.82, 2.24) is 0 Å².